The number of nitrogens with two attached hydrogens (primary N) is 1. The van der Waals surface area contributed by atoms with Gasteiger partial charge in [-0.3, -0.25) is 0 Å². The first-order valence-electron chi connectivity index (χ1n) is 5.09. The largest absolute Gasteiger partial charge is 0.398 e. The van der Waals surface area contributed by atoms with Crippen LogP contribution in [0.25, 0.3) is 5.70 Å². The Morgan fingerprint density at radius 3 is 2.06 bits per heavy atom. The summed E-state index contributed by atoms with van der Waals surface area (Å²) in [6.07, 6.45) is 0. The van der Waals surface area contributed by atoms with Crippen molar-refractivity contribution in [2.45, 2.75) is 4.90 Å². The average molecular weight is 227 g/mol. The van der Waals surface area contributed by atoms with E-state index in [1.54, 1.807) is 11.8 Å². The first-order valence-corrected chi connectivity index (χ1v) is 5.97. The van der Waals surface area contributed by atoms with E-state index in [-0.39, 0.29) is 0 Å². The molecule has 1 nitrogen and oxygen atoms in total. The van der Waals surface area contributed by atoms with Crippen molar-refractivity contribution in [1.82, 2.24) is 0 Å². The number of thioether (sulfide) groups is 1. The highest BCUT2D eigenvalue weighted by Crippen LogP contribution is 2.21. The molecule has 0 saturated heterocycles. The van der Waals surface area contributed by atoms with Gasteiger partial charge in [0.15, 0.2) is 0 Å². The van der Waals surface area contributed by atoms with E-state index >= 15 is 0 Å². The smallest absolute Gasteiger partial charge is 0.0455 e. The van der Waals surface area contributed by atoms with E-state index < -0.39 is 0 Å². The zero-order valence-electron chi connectivity index (χ0n) is 8.84. The fourth-order valence-corrected chi connectivity index (χ4v) is 2.04. The summed E-state index contributed by atoms with van der Waals surface area (Å²) in [7, 11) is 0. The molecule has 0 radical (unpaired) electrons. The fourth-order valence-electron chi connectivity index (χ4n) is 1.33. The molecule has 2 rings (SSSR count). The van der Waals surface area contributed by atoms with Gasteiger partial charge in [0.05, 0.1) is 0 Å². The maximum absolute atomic E-state index is 5.98. The Morgan fingerprint density at radius 1 is 0.875 bits per heavy atom. The maximum Gasteiger partial charge on any atom is 0.0455 e. The molecule has 0 atom stereocenters. The molecule has 0 unspecified atom stereocenters. The summed E-state index contributed by atoms with van der Waals surface area (Å²) in [6.45, 7) is 0. The van der Waals surface area contributed by atoms with Gasteiger partial charge in [-0.05, 0) is 23.1 Å². The van der Waals surface area contributed by atoms with Crippen molar-refractivity contribution >= 4 is 17.5 Å². The Bertz CT molecular complexity index is 463. The van der Waals surface area contributed by atoms with Crippen LogP contribution >= 0.6 is 11.8 Å². The SMILES string of the molecule is N/C(=C\Sc1ccccc1)c1ccccc1. The van der Waals surface area contributed by atoms with Crippen LogP contribution in [0.2, 0.25) is 0 Å². The molecule has 0 heterocycles. The van der Waals surface area contributed by atoms with E-state index in [0.29, 0.717) is 0 Å². The number of hydrogen-bond donors (Lipinski definition) is 1. The predicted octanol–water partition coefficient (Wildman–Crippen LogP) is 3.74. The van der Waals surface area contributed by atoms with Gasteiger partial charge in [0.25, 0.3) is 0 Å². The van der Waals surface area contributed by atoms with E-state index in [1.165, 1.54) is 4.90 Å². The van der Waals surface area contributed by atoms with Crippen molar-refractivity contribution in [1.29, 1.82) is 0 Å². The predicted molar refractivity (Wildman–Crippen MR) is 70.9 cm³/mol. The van der Waals surface area contributed by atoms with Crippen LogP contribution in [0.4, 0.5) is 0 Å². The van der Waals surface area contributed by atoms with Crippen molar-refractivity contribution in [3.05, 3.63) is 71.6 Å². The van der Waals surface area contributed by atoms with Crippen molar-refractivity contribution in [3.8, 4) is 0 Å². The molecule has 0 spiro atoms. The van der Waals surface area contributed by atoms with Gasteiger partial charge in [0.2, 0.25) is 0 Å². The minimum atomic E-state index is 0.800. The summed E-state index contributed by atoms with van der Waals surface area (Å²) in [5, 5.41) is 1.98. The van der Waals surface area contributed by atoms with Crippen LogP contribution in [0.5, 0.6) is 0 Å². The van der Waals surface area contributed by atoms with Crippen molar-refractivity contribution < 1.29 is 0 Å². The monoisotopic (exact) mass is 227 g/mol. The molecule has 80 valence electrons. The summed E-state index contributed by atoms with van der Waals surface area (Å²) in [4.78, 5) is 1.20. The van der Waals surface area contributed by atoms with Crippen LogP contribution in [0.15, 0.2) is 71.0 Å². The summed E-state index contributed by atoms with van der Waals surface area (Å²) in [6, 6.07) is 20.2. The zero-order chi connectivity index (χ0) is 11.2. The van der Waals surface area contributed by atoms with Crippen molar-refractivity contribution in [2.75, 3.05) is 0 Å². The van der Waals surface area contributed by atoms with Crippen LogP contribution in [0.3, 0.4) is 0 Å². The topological polar surface area (TPSA) is 26.0 Å². The normalized spacial score (nSPS) is 11.4. The molecule has 2 heteroatoms. The number of hydrogen-bond acceptors (Lipinski definition) is 2. The number of benzene rings is 2. The first-order chi connectivity index (χ1) is 7.86. The standard InChI is InChI=1S/C14H13NS/c15-14(12-7-3-1-4-8-12)11-16-13-9-5-2-6-10-13/h1-11H,15H2/b14-11-. The molecule has 0 saturated carbocycles. The van der Waals surface area contributed by atoms with Crippen LogP contribution in [0.1, 0.15) is 5.56 Å². The Morgan fingerprint density at radius 2 is 1.44 bits per heavy atom. The molecule has 0 aromatic heterocycles. The minimum absolute atomic E-state index is 0.800. The highest BCUT2D eigenvalue weighted by atomic mass is 32.2. The summed E-state index contributed by atoms with van der Waals surface area (Å²) >= 11 is 1.64. The molecule has 0 aliphatic heterocycles. The van der Waals surface area contributed by atoms with E-state index in [2.05, 4.69) is 12.1 Å². The van der Waals surface area contributed by atoms with Crippen LogP contribution in [-0.4, -0.2) is 0 Å². The second-order valence-corrected chi connectivity index (χ2v) is 4.31. The summed E-state index contributed by atoms with van der Waals surface area (Å²) < 4.78 is 0. The Labute approximate surface area is 100.0 Å². The molecule has 16 heavy (non-hydrogen) atoms. The highest BCUT2D eigenvalue weighted by molar-refractivity contribution is 8.02. The molecule has 0 fully saturated rings. The lowest BCUT2D eigenvalue weighted by Gasteiger charge is -2.01. The Hall–Kier alpha value is -1.67. The molecule has 2 aromatic rings. The minimum Gasteiger partial charge on any atom is -0.398 e. The van der Waals surface area contributed by atoms with Gasteiger partial charge in [-0.15, -0.1) is 0 Å². The quantitative estimate of drug-likeness (QED) is 0.808. The lowest BCUT2D eigenvalue weighted by atomic mass is 10.2. The molecule has 0 amide bonds. The zero-order valence-corrected chi connectivity index (χ0v) is 9.65. The average Bonchev–Trinajstić information content (AvgIpc) is 2.38. The van der Waals surface area contributed by atoms with Gasteiger partial charge in [0.1, 0.15) is 0 Å². The van der Waals surface area contributed by atoms with Gasteiger partial charge in [0, 0.05) is 10.6 Å². The third-order valence-corrected chi connectivity index (χ3v) is 3.09. The molecular formula is C14H13NS. The molecule has 0 aliphatic rings. The molecule has 0 bridgehead atoms. The Kier molecular flexibility index (Phi) is 3.67. The second-order valence-electron chi connectivity index (χ2n) is 3.37. The van der Waals surface area contributed by atoms with Gasteiger partial charge < -0.3 is 5.73 Å². The van der Waals surface area contributed by atoms with Gasteiger partial charge >= 0.3 is 0 Å². The molecule has 0 aliphatic carbocycles. The molecule has 2 aromatic carbocycles. The third-order valence-electron chi connectivity index (χ3n) is 2.17. The van der Waals surface area contributed by atoms with E-state index in [4.69, 9.17) is 5.73 Å². The lowest BCUT2D eigenvalue weighted by Crippen LogP contribution is -1.94. The Balaban J connectivity index is 2.09. The second kappa shape index (κ2) is 5.42. The van der Waals surface area contributed by atoms with Crippen molar-refractivity contribution in [2.24, 2.45) is 5.73 Å². The molecular weight excluding hydrogens is 214 g/mol. The van der Waals surface area contributed by atoms with Gasteiger partial charge in [-0.25, -0.2) is 0 Å². The highest BCUT2D eigenvalue weighted by Gasteiger charge is 1.95. The number of rotatable bonds is 3. The van der Waals surface area contributed by atoms with Crippen LogP contribution in [0, 0.1) is 0 Å². The summed E-state index contributed by atoms with van der Waals surface area (Å²) in [5.74, 6) is 0. The van der Waals surface area contributed by atoms with E-state index in [0.717, 1.165) is 11.3 Å². The van der Waals surface area contributed by atoms with E-state index in [9.17, 15) is 0 Å². The molecule has 2 N–H and O–H groups in total. The van der Waals surface area contributed by atoms with Crippen LogP contribution in [-0.2, 0) is 0 Å². The van der Waals surface area contributed by atoms with Crippen molar-refractivity contribution in [3.63, 3.8) is 0 Å². The van der Waals surface area contributed by atoms with E-state index in [1.807, 2.05) is 53.9 Å². The first kappa shape index (κ1) is 10.8. The van der Waals surface area contributed by atoms with Gasteiger partial charge in [-0.2, -0.15) is 0 Å². The van der Waals surface area contributed by atoms with Crippen LogP contribution < -0.4 is 5.73 Å². The third kappa shape index (κ3) is 2.91. The lowest BCUT2D eigenvalue weighted by molar-refractivity contribution is 1.47. The maximum atomic E-state index is 5.98. The summed E-state index contributed by atoms with van der Waals surface area (Å²) in [5.41, 5.74) is 7.84. The van der Waals surface area contributed by atoms with Gasteiger partial charge in [-0.1, -0.05) is 60.3 Å². The fraction of sp³-hybridized carbons (Fsp3) is 0.